The van der Waals surface area contributed by atoms with E-state index in [1.54, 1.807) is 11.8 Å². The Kier molecular flexibility index (Phi) is 3.93. The molecule has 1 amide bonds. The summed E-state index contributed by atoms with van der Waals surface area (Å²) in [6, 6.07) is -0.346. The van der Waals surface area contributed by atoms with Crippen LogP contribution in [0.3, 0.4) is 0 Å². The van der Waals surface area contributed by atoms with E-state index in [1.165, 1.54) is 12.4 Å². The summed E-state index contributed by atoms with van der Waals surface area (Å²) in [5, 5.41) is 3.00. The molecule has 0 saturated carbocycles. The summed E-state index contributed by atoms with van der Waals surface area (Å²) < 4.78 is 5.21. The van der Waals surface area contributed by atoms with Crippen LogP contribution in [0.1, 0.15) is 6.92 Å². The Morgan fingerprint density at radius 3 is 2.78 bits per heavy atom. The molecule has 0 bridgehead atoms. The van der Waals surface area contributed by atoms with Gasteiger partial charge in [-0.05, 0) is 6.92 Å². The molecule has 1 unspecified atom stereocenters. The van der Waals surface area contributed by atoms with Gasteiger partial charge in [0, 0.05) is 13.1 Å². The molecule has 2 heterocycles. The lowest BCUT2D eigenvalue weighted by molar-refractivity contribution is -0.135. The van der Waals surface area contributed by atoms with Gasteiger partial charge in [0.2, 0.25) is 5.91 Å². The Bertz CT molecular complexity index is 402. The molecule has 1 atom stereocenters. The van der Waals surface area contributed by atoms with Crippen molar-refractivity contribution in [1.82, 2.24) is 14.9 Å². The van der Waals surface area contributed by atoms with Crippen LogP contribution in [0.5, 0.6) is 0 Å². The van der Waals surface area contributed by atoms with Gasteiger partial charge < -0.3 is 20.7 Å². The fourth-order valence-electron chi connectivity index (χ4n) is 1.75. The van der Waals surface area contributed by atoms with Crippen molar-refractivity contribution in [2.75, 3.05) is 37.4 Å². The average Bonchev–Trinajstić information content (AvgIpc) is 2.41. The zero-order valence-corrected chi connectivity index (χ0v) is 10.3. The molecule has 1 aliphatic rings. The van der Waals surface area contributed by atoms with Crippen LogP contribution >= 0.6 is 0 Å². The number of hydrogen-bond donors (Lipinski definition) is 2. The van der Waals surface area contributed by atoms with Crippen molar-refractivity contribution in [3.05, 3.63) is 12.4 Å². The molecule has 1 saturated heterocycles. The Hall–Kier alpha value is -1.89. The van der Waals surface area contributed by atoms with E-state index in [9.17, 15) is 4.79 Å². The molecule has 98 valence electrons. The summed E-state index contributed by atoms with van der Waals surface area (Å²) in [4.78, 5) is 21.9. The van der Waals surface area contributed by atoms with Crippen molar-refractivity contribution in [1.29, 1.82) is 0 Å². The third-order valence-electron chi connectivity index (χ3n) is 2.73. The molecule has 1 aliphatic heterocycles. The van der Waals surface area contributed by atoms with E-state index in [1.807, 2.05) is 0 Å². The number of carbonyl (C=O) groups is 1. The highest BCUT2D eigenvalue weighted by Gasteiger charge is 2.22. The molecule has 0 radical (unpaired) electrons. The van der Waals surface area contributed by atoms with Crippen LogP contribution in [0, 0.1) is 0 Å². The average molecular weight is 251 g/mol. The van der Waals surface area contributed by atoms with E-state index in [0.717, 1.165) is 0 Å². The normalized spacial score (nSPS) is 17.3. The number of rotatable bonds is 3. The highest BCUT2D eigenvalue weighted by molar-refractivity contribution is 5.84. The molecule has 1 fully saturated rings. The first-order chi connectivity index (χ1) is 8.66. The van der Waals surface area contributed by atoms with E-state index >= 15 is 0 Å². The Labute approximate surface area is 105 Å². The van der Waals surface area contributed by atoms with Gasteiger partial charge in [-0.3, -0.25) is 4.79 Å². The Balaban J connectivity index is 1.92. The van der Waals surface area contributed by atoms with Crippen molar-refractivity contribution in [3.8, 4) is 0 Å². The number of amides is 1. The monoisotopic (exact) mass is 251 g/mol. The summed E-state index contributed by atoms with van der Waals surface area (Å²) in [6.07, 6.45) is 2.96. The van der Waals surface area contributed by atoms with Crippen LogP contribution in [0.2, 0.25) is 0 Å². The van der Waals surface area contributed by atoms with Gasteiger partial charge in [-0.15, -0.1) is 0 Å². The maximum atomic E-state index is 12.1. The quantitative estimate of drug-likeness (QED) is 0.767. The van der Waals surface area contributed by atoms with Gasteiger partial charge in [0.1, 0.15) is 17.7 Å². The van der Waals surface area contributed by atoms with E-state index in [2.05, 4.69) is 15.3 Å². The summed E-state index contributed by atoms with van der Waals surface area (Å²) in [5.74, 6) is 0.933. The highest BCUT2D eigenvalue weighted by atomic mass is 16.5. The maximum Gasteiger partial charge on any atom is 0.244 e. The van der Waals surface area contributed by atoms with E-state index in [4.69, 9.17) is 10.5 Å². The molecule has 2 rings (SSSR count). The lowest BCUT2D eigenvalue weighted by Crippen LogP contribution is -2.47. The minimum absolute atomic E-state index is 0.0388. The van der Waals surface area contributed by atoms with Gasteiger partial charge in [-0.25, -0.2) is 9.97 Å². The lowest BCUT2D eigenvalue weighted by Gasteiger charge is -2.29. The molecule has 1 aromatic heterocycles. The number of morpholine rings is 1. The lowest BCUT2D eigenvalue weighted by atomic mass is 10.2. The van der Waals surface area contributed by atoms with Crippen LogP contribution < -0.4 is 11.1 Å². The smallest absolute Gasteiger partial charge is 0.244 e. The van der Waals surface area contributed by atoms with Gasteiger partial charge >= 0.3 is 0 Å². The first-order valence-electron chi connectivity index (χ1n) is 5.87. The second-order valence-corrected chi connectivity index (χ2v) is 4.13. The predicted molar refractivity (Wildman–Crippen MR) is 66.9 cm³/mol. The minimum Gasteiger partial charge on any atom is -0.382 e. The van der Waals surface area contributed by atoms with E-state index < -0.39 is 0 Å². The number of aromatic nitrogens is 2. The Morgan fingerprint density at radius 2 is 2.17 bits per heavy atom. The molecule has 7 heteroatoms. The predicted octanol–water partition coefficient (Wildman–Crippen LogP) is -0.282. The van der Waals surface area contributed by atoms with Crippen molar-refractivity contribution in [2.24, 2.45) is 0 Å². The first kappa shape index (κ1) is 12.6. The van der Waals surface area contributed by atoms with Crippen LogP contribution in [-0.2, 0) is 9.53 Å². The molecular formula is C11H17N5O2. The molecule has 0 spiro atoms. The van der Waals surface area contributed by atoms with E-state index in [-0.39, 0.29) is 11.9 Å². The summed E-state index contributed by atoms with van der Waals surface area (Å²) in [6.45, 7) is 4.27. The summed E-state index contributed by atoms with van der Waals surface area (Å²) >= 11 is 0. The number of nitrogens with two attached hydrogens (primary N) is 1. The number of hydrogen-bond acceptors (Lipinski definition) is 6. The number of carbonyl (C=O) groups excluding carboxylic acids is 1. The van der Waals surface area contributed by atoms with Gasteiger partial charge in [0.15, 0.2) is 0 Å². The van der Waals surface area contributed by atoms with Gasteiger partial charge in [-0.2, -0.15) is 0 Å². The van der Waals surface area contributed by atoms with Crippen molar-refractivity contribution < 1.29 is 9.53 Å². The number of ether oxygens (including phenoxy) is 1. The van der Waals surface area contributed by atoms with Crippen molar-refractivity contribution in [3.63, 3.8) is 0 Å². The van der Waals surface area contributed by atoms with Gasteiger partial charge in [-0.1, -0.05) is 0 Å². The zero-order chi connectivity index (χ0) is 13.0. The third kappa shape index (κ3) is 3.07. The standard InChI is InChI=1S/C11H17N5O2/c1-8(11(17)16-2-4-18-5-3-16)15-10-7-13-9(12)6-14-10/h6-8H,2-5H2,1H3,(H2,12,13)(H,14,15). The van der Waals surface area contributed by atoms with Crippen LogP contribution in [0.15, 0.2) is 12.4 Å². The molecule has 3 N–H and O–H groups in total. The third-order valence-corrected chi connectivity index (χ3v) is 2.73. The second kappa shape index (κ2) is 5.63. The highest BCUT2D eigenvalue weighted by Crippen LogP contribution is 2.07. The Morgan fingerprint density at radius 1 is 1.44 bits per heavy atom. The summed E-state index contributed by atoms with van der Waals surface area (Å²) in [7, 11) is 0. The number of nitrogens with zero attached hydrogens (tertiary/aromatic N) is 3. The first-order valence-corrected chi connectivity index (χ1v) is 5.87. The number of nitrogen functional groups attached to an aromatic ring is 1. The maximum absolute atomic E-state index is 12.1. The zero-order valence-electron chi connectivity index (χ0n) is 10.3. The number of anilines is 2. The topological polar surface area (TPSA) is 93.4 Å². The molecule has 0 aromatic carbocycles. The van der Waals surface area contributed by atoms with Gasteiger partial charge in [0.05, 0.1) is 25.6 Å². The molecule has 7 nitrogen and oxygen atoms in total. The van der Waals surface area contributed by atoms with Crippen LogP contribution in [-0.4, -0.2) is 53.1 Å². The van der Waals surface area contributed by atoms with Gasteiger partial charge in [0.25, 0.3) is 0 Å². The molecule has 0 aliphatic carbocycles. The molecule has 18 heavy (non-hydrogen) atoms. The van der Waals surface area contributed by atoms with Crippen LogP contribution in [0.4, 0.5) is 11.6 Å². The minimum atomic E-state index is -0.346. The second-order valence-electron chi connectivity index (χ2n) is 4.13. The molecular weight excluding hydrogens is 234 g/mol. The SMILES string of the molecule is CC(Nc1cnc(N)cn1)C(=O)N1CCOCC1. The van der Waals surface area contributed by atoms with E-state index in [0.29, 0.717) is 37.9 Å². The fourth-order valence-corrected chi connectivity index (χ4v) is 1.75. The fraction of sp³-hybridized carbons (Fsp3) is 0.545. The summed E-state index contributed by atoms with van der Waals surface area (Å²) in [5.41, 5.74) is 5.44. The van der Waals surface area contributed by atoms with Crippen molar-refractivity contribution in [2.45, 2.75) is 13.0 Å². The van der Waals surface area contributed by atoms with Crippen LogP contribution in [0.25, 0.3) is 0 Å². The molecule has 1 aromatic rings. The van der Waals surface area contributed by atoms with Crippen molar-refractivity contribution >= 4 is 17.5 Å². The number of nitrogens with one attached hydrogen (secondary N) is 1. The largest absolute Gasteiger partial charge is 0.382 e.